The summed E-state index contributed by atoms with van der Waals surface area (Å²) in [6, 6.07) is 4.45. The van der Waals surface area contributed by atoms with Crippen molar-refractivity contribution >= 4 is 36.0 Å². The summed E-state index contributed by atoms with van der Waals surface area (Å²) in [6.45, 7) is 9.51. The van der Waals surface area contributed by atoms with Crippen LogP contribution in [0, 0.1) is 6.92 Å². The Morgan fingerprint density at radius 2 is 1.97 bits per heavy atom. The molecule has 2 fully saturated rings. The summed E-state index contributed by atoms with van der Waals surface area (Å²) in [4.78, 5) is 20.4. The van der Waals surface area contributed by atoms with Gasteiger partial charge >= 0.3 is 6.09 Å². The van der Waals surface area contributed by atoms with Gasteiger partial charge in [0.15, 0.2) is 5.96 Å². The smallest absolute Gasteiger partial charge is 0.409 e. The zero-order chi connectivity index (χ0) is 21.3. The van der Waals surface area contributed by atoms with Crippen LogP contribution < -0.4 is 10.6 Å². The van der Waals surface area contributed by atoms with Gasteiger partial charge in [-0.25, -0.2) is 4.79 Å². The largest absolute Gasteiger partial charge is 0.465 e. The molecule has 1 aromatic heterocycles. The van der Waals surface area contributed by atoms with Crippen molar-refractivity contribution in [2.24, 2.45) is 4.99 Å². The fourth-order valence-corrected chi connectivity index (χ4v) is 3.93. The molecule has 0 spiro atoms. The highest BCUT2D eigenvalue weighted by Gasteiger charge is 2.27. The van der Waals surface area contributed by atoms with Gasteiger partial charge in [0, 0.05) is 45.8 Å². The molecule has 2 aliphatic rings. The van der Waals surface area contributed by atoms with E-state index < -0.39 is 0 Å². The summed E-state index contributed by atoms with van der Waals surface area (Å²) in [6.07, 6.45) is 1.51. The van der Waals surface area contributed by atoms with E-state index in [0.717, 1.165) is 56.6 Å². The molecule has 1 atom stereocenters. The third-order valence-electron chi connectivity index (χ3n) is 5.62. The molecule has 1 unspecified atom stereocenters. The van der Waals surface area contributed by atoms with Crippen molar-refractivity contribution in [2.75, 3.05) is 59.6 Å². The summed E-state index contributed by atoms with van der Waals surface area (Å²) >= 11 is 0. The van der Waals surface area contributed by atoms with Crippen LogP contribution in [0.4, 0.5) is 4.79 Å². The summed E-state index contributed by atoms with van der Waals surface area (Å²) in [5, 5.41) is 6.97. The van der Waals surface area contributed by atoms with Gasteiger partial charge < -0.3 is 29.4 Å². The number of nitrogens with zero attached hydrogens (tertiary/aromatic N) is 3. The number of ether oxygens (including phenoxy) is 2. The van der Waals surface area contributed by atoms with Crippen LogP contribution in [0.3, 0.4) is 0 Å². The van der Waals surface area contributed by atoms with E-state index in [0.29, 0.717) is 26.2 Å². The minimum Gasteiger partial charge on any atom is -0.465 e. The first-order chi connectivity index (χ1) is 14.6. The van der Waals surface area contributed by atoms with Crippen LogP contribution in [-0.2, 0) is 9.47 Å². The molecule has 1 amide bonds. The van der Waals surface area contributed by atoms with Gasteiger partial charge in [-0.05, 0) is 38.8 Å². The van der Waals surface area contributed by atoms with E-state index in [-0.39, 0.29) is 42.2 Å². The Balaban J connectivity index is 0.00000341. The molecule has 2 N–H and O–H groups in total. The van der Waals surface area contributed by atoms with Crippen LogP contribution >= 0.6 is 24.0 Å². The number of piperidine rings is 1. The fourth-order valence-electron chi connectivity index (χ4n) is 3.93. The monoisotopic (exact) mass is 549 g/mol. The second kappa shape index (κ2) is 13.1. The van der Waals surface area contributed by atoms with E-state index in [9.17, 15) is 4.79 Å². The number of nitrogens with one attached hydrogen (secondary N) is 2. The molecule has 2 saturated heterocycles. The summed E-state index contributed by atoms with van der Waals surface area (Å²) in [5.41, 5.74) is 0. The molecule has 1 aromatic rings. The van der Waals surface area contributed by atoms with Crippen LogP contribution in [0.15, 0.2) is 21.5 Å². The zero-order valence-electron chi connectivity index (χ0n) is 18.8. The number of morpholine rings is 1. The molecule has 3 heterocycles. The predicted octanol–water partition coefficient (Wildman–Crippen LogP) is 2.37. The molecule has 10 heteroatoms. The lowest BCUT2D eigenvalue weighted by Crippen LogP contribution is -2.51. The zero-order valence-corrected chi connectivity index (χ0v) is 21.1. The molecule has 2 aliphatic heterocycles. The average Bonchev–Trinajstić information content (AvgIpc) is 3.20. The maximum absolute atomic E-state index is 11.9. The van der Waals surface area contributed by atoms with Crippen LogP contribution in [0.25, 0.3) is 0 Å². The Morgan fingerprint density at radius 3 is 2.55 bits per heavy atom. The predicted molar refractivity (Wildman–Crippen MR) is 130 cm³/mol. The summed E-state index contributed by atoms with van der Waals surface area (Å²) < 4.78 is 16.5. The van der Waals surface area contributed by atoms with Crippen LogP contribution in [0.5, 0.6) is 0 Å². The number of aliphatic imine (C=N–C) groups is 1. The molecule has 0 saturated carbocycles. The first-order valence-corrected chi connectivity index (χ1v) is 10.9. The summed E-state index contributed by atoms with van der Waals surface area (Å²) in [7, 11) is 1.78. The van der Waals surface area contributed by atoms with E-state index in [4.69, 9.17) is 13.9 Å². The molecular weight excluding hydrogens is 513 g/mol. The third kappa shape index (κ3) is 7.53. The Kier molecular flexibility index (Phi) is 10.9. The van der Waals surface area contributed by atoms with Crippen molar-refractivity contribution in [3.8, 4) is 0 Å². The van der Waals surface area contributed by atoms with Crippen molar-refractivity contribution in [2.45, 2.75) is 38.8 Å². The van der Waals surface area contributed by atoms with E-state index >= 15 is 0 Å². The number of rotatable bonds is 6. The van der Waals surface area contributed by atoms with Gasteiger partial charge in [0.25, 0.3) is 0 Å². The number of hydrogen-bond donors (Lipinski definition) is 2. The molecule has 0 aromatic carbocycles. The van der Waals surface area contributed by atoms with E-state index in [1.165, 1.54) is 0 Å². The fraction of sp³-hybridized carbons (Fsp3) is 0.714. The molecule has 31 heavy (non-hydrogen) atoms. The maximum Gasteiger partial charge on any atom is 0.409 e. The first kappa shape index (κ1) is 25.7. The number of guanidine groups is 1. The Labute approximate surface area is 201 Å². The normalized spacial score (nSPS) is 19.5. The molecule has 0 bridgehead atoms. The van der Waals surface area contributed by atoms with Gasteiger partial charge in [-0.2, -0.15) is 0 Å². The standard InChI is InChI=1S/C21H35N5O4.HI/c1-4-29-21(27)26-9-7-17(8-10-26)24-20(22-3)23-15-18(19-6-5-16(2)30-19)25-11-13-28-14-12-25;/h5-6,17-18H,4,7-15H2,1-3H3,(H2,22,23,24);1H. The lowest BCUT2D eigenvalue weighted by atomic mass is 10.1. The van der Waals surface area contributed by atoms with Gasteiger partial charge in [-0.1, -0.05) is 0 Å². The lowest BCUT2D eigenvalue weighted by Gasteiger charge is -2.35. The highest BCUT2D eigenvalue weighted by atomic mass is 127. The maximum atomic E-state index is 11.9. The Hall–Kier alpha value is -1.53. The van der Waals surface area contributed by atoms with Gasteiger partial charge in [-0.15, -0.1) is 24.0 Å². The highest BCUT2D eigenvalue weighted by Crippen LogP contribution is 2.23. The van der Waals surface area contributed by atoms with Gasteiger partial charge in [0.05, 0.1) is 25.9 Å². The van der Waals surface area contributed by atoms with Crippen molar-refractivity contribution in [1.29, 1.82) is 0 Å². The topological polar surface area (TPSA) is 91.6 Å². The average molecular weight is 549 g/mol. The van der Waals surface area contributed by atoms with Crippen LogP contribution in [-0.4, -0.2) is 87.5 Å². The third-order valence-corrected chi connectivity index (χ3v) is 5.62. The van der Waals surface area contributed by atoms with Gasteiger partial charge in [0.2, 0.25) is 0 Å². The van der Waals surface area contributed by atoms with E-state index in [1.54, 1.807) is 11.9 Å². The number of amides is 1. The minimum absolute atomic E-state index is 0. The molecule has 176 valence electrons. The van der Waals surface area contributed by atoms with Gasteiger partial charge in [0.1, 0.15) is 11.5 Å². The first-order valence-electron chi connectivity index (χ1n) is 10.9. The number of aryl methyl sites for hydroxylation is 1. The van der Waals surface area contributed by atoms with Crippen molar-refractivity contribution in [1.82, 2.24) is 20.4 Å². The van der Waals surface area contributed by atoms with Crippen molar-refractivity contribution < 1.29 is 18.7 Å². The number of halogens is 1. The quantitative estimate of drug-likeness (QED) is 0.320. The molecule has 9 nitrogen and oxygen atoms in total. The number of hydrogen-bond acceptors (Lipinski definition) is 6. The number of carbonyl (C=O) groups excluding carboxylic acids is 1. The molecule has 0 radical (unpaired) electrons. The lowest BCUT2D eigenvalue weighted by molar-refractivity contribution is 0.0124. The molecule has 0 aliphatic carbocycles. The second-order valence-corrected chi connectivity index (χ2v) is 7.67. The second-order valence-electron chi connectivity index (χ2n) is 7.67. The van der Waals surface area contributed by atoms with Crippen molar-refractivity contribution in [3.63, 3.8) is 0 Å². The summed E-state index contributed by atoms with van der Waals surface area (Å²) in [5.74, 6) is 2.64. The number of carbonyl (C=O) groups is 1. The highest BCUT2D eigenvalue weighted by molar-refractivity contribution is 14.0. The van der Waals surface area contributed by atoms with E-state index in [1.807, 2.05) is 19.9 Å². The van der Waals surface area contributed by atoms with E-state index in [2.05, 4.69) is 26.6 Å². The minimum atomic E-state index is -0.222. The van der Waals surface area contributed by atoms with Crippen molar-refractivity contribution in [3.05, 3.63) is 23.7 Å². The molecule has 3 rings (SSSR count). The molecular formula is C21H36IN5O4. The van der Waals surface area contributed by atoms with Crippen LogP contribution in [0.2, 0.25) is 0 Å². The van der Waals surface area contributed by atoms with Gasteiger partial charge in [-0.3, -0.25) is 9.89 Å². The number of furan rings is 1. The SMILES string of the molecule is CCOC(=O)N1CCC(NC(=NC)NCC(c2ccc(C)o2)N2CCOCC2)CC1.I. The Morgan fingerprint density at radius 1 is 1.26 bits per heavy atom. The Bertz CT molecular complexity index is 700. The van der Waals surface area contributed by atoms with Crippen LogP contribution in [0.1, 0.15) is 37.3 Å². The number of likely N-dealkylation sites (tertiary alicyclic amines) is 1.